The summed E-state index contributed by atoms with van der Waals surface area (Å²) >= 11 is 0. The van der Waals surface area contributed by atoms with E-state index in [-0.39, 0.29) is 0 Å². The molecule has 2 rings (SSSR count). The molecule has 0 spiro atoms. The fourth-order valence-electron chi connectivity index (χ4n) is 2.03. The van der Waals surface area contributed by atoms with Crippen LogP contribution >= 0.6 is 0 Å². The highest BCUT2D eigenvalue weighted by molar-refractivity contribution is 5.36. The predicted octanol–water partition coefficient (Wildman–Crippen LogP) is 2.46. The number of aryl methyl sites for hydroxylation is 1. The van der Waals surface area contributed by atoms with Crippen LogP contribution in [0.2, 0.25) is 0 Å². The first-order chi connectivity index (χ1) is 6.31. The summed E-state index contributed by atoms with van der Waals surface area (Å²) in [6.45, 7) is 5.58. The van der Waals surface area contributed by atoms with Gasteiger partial charge in [-0.05, 0) is 43.0 Å². The van der Waals surface area contributed by atoms with Crippen molar-refractivity contribution in [2.75, 3.05) is 6.54 Å². The monoisotopic (exact) mass is 175 g/mol. The summed E-state index contributed by atoms with van der Waals surface area (Å²) in [5.41, 5.74) is 4.49. The van der Waals surface area contributed by atoms with Crippen molar-refractivity contribution < 1.29 is 0 Å². The Morgan fingerprint density at radius 1 is 1.46 bits per heavy atom. The number of hydrogen-bond donors (Lipinski definition) is 1. The van der Waals surface area contributed by atoms with Crippen LogP contribution in [-0.2, 0) is 12.8 Å². The van der Waals surface area contributed by atoms with Crippen molar-refractivity contribution in [1.29, 1.82) is 0 Å². The molecule has 0 saturated heterocycles. The molecule has 1 aromatic carbocycles. The smallest absolute Gasteiger partial charge is 0.0294 e. The van der Waals surface area contributed by atoms with E-state index in [4.69, 9.17) is 0 Å². The number of benzene rings is 1. The van der Waals surface area contributed by atoms with Gasteiger partial charge in [0, 0.05) is 6.04 Å². The van der Waals surface area contributed by atoms with Gasteiger partial charge in [-0.15, -0.1) is 0 Å². The molecule has 0 radical (unpaired) electrons. The van der Waals surface area contributed by atoms with E-state index in [9.17, 15) is 0 Å². The summed E-state index contributed by atoms with van der Waals surface area (Å²) in [6, 6.07) is 7.45. The molecule has 1 aromatic rings. The molecule has 0 bridgehead atoms. The third-order valence-corrected chi connectivity index (χ3v) is 2.93. The molecule has 0 fully saturated rings. The number of fused-ring (bicyclic) bond motifs is 1. The Hall–Kier alpha value is -0.820. The normalized spacial score (nSPS) is 21.2. The van der Waals surface area contributed by atoms with E-state index in [2.05, 4.69) is 37.4 Å². The molecule has 0 amide bonds. The van der Waals surface area contributed by atoms with E-state index >= 15 is 0 Å². The van der Waals surface area contributed by atoms with E-state index in [1.165, 1.54) is 23.1 Å². The predicted molar refractivity (Wildman–Crippen MR) is 55.9 cm³/mol. The quantitative estimate of drug-likeness (QED) is 0.691. The second-order valence-corrected chi connectivity index (χ2v) is 3.81. The van der Waals surface area contributed by atoms with Gasteiger partial charge in [-0.2, -0.15) is 0 Å². The highest BCUT2D eigenvalue weighted by atomic mass is 14.9. The Morgan fingerprint density at radius 2 is 2.31 bits per heavy atom. The lowest BCUT2D eigenvalue weighted by molar-refractivity contribution is 0.540. The molecule has 0 unspecified atom stereocenters. The van der Waals surface area contributed by atoms with Crippen LogP contribution in [0.1, 0.15) is 36.6 Å². The van der Waals surface area contributed by atoms with E-state index in [0.717, 1.165) is 13.0 Å². The third-order valence-electron chi connectivity index (χ3n) is 2.93. The second-order valence-electron chi connectivity index (χ2n) is 3.81. The van der Waals surface area contributed by atoms with Crippen molar-refractivity contribution >= 4 is 0 Å². The molecule has 1 heteroatoms. The third kappa shape index (κ3) is 1.61. The average Bonchev–Trinajstić information content (AvgIpc) is 2.18. The Labute approximate surface area is 80.2 Å². The van der Waals surface area contributed by atoms with Gasteiger partial charge < -0.3 is 5.32 Å². The highest BCUT2D eigenvalue weighted by Gasteiger charge is 2.14. The molecule has 1 nitrogen and oxygen atoms in total. The summed E-state index contributed by atoms with van der Waals surface area (Å²) in [5, 5.41) is 3.49. The van der Waals surface area contributed by atoms with Gasteiger partial charge in [0.05, 0.1) is 0 Å². The van der Waals surface area contributed by atoms with Gasteiger partial charge in [-0.1, -0.05) is 25.1 Å². The lowest BCUT2D eigenvalue weighted by Crippen LogP contribution is -2.27. The molecular weight excluding hydrogens is 158 g/mol. The van der Waals surface area contributed by atoms with E-state index in [1.54, 1.807) is 0 Å². The van der Waals surface area contributed by atoms with Crippen molar-refractivity contribution in [1.82, 2.24) is 5.32 Å². The van der Waals surface area contributed by atoms with Crippen LogP contribution in [-0.4, -0.2) is 6.54 Å². The Balaban J connectivity index is 2.41. The molecule has 1 heterocycles. The summed E-state index contributed by atoms with van der Waals surface area (Å²) < 4.78 is 0. The van der Waals surface area contributed by atoms with Gasteiger partial charge in [0.25, 0.3) is 0 Å². The van der Waals surface area contributed by atoms with Crippen LogP contribution in [0.5, 0.6) is 0 Å². The van der Waals surface area contributed by atoms with Gasteiger partial charge in [-0.25, -0.2) is 0 Å². The summed E-state index contributed by atoms with van der Waals surface area (Å²) in [5.74, 6) is 0. The maximum absolute atomic E-state index is 3.49. The minimum Gasteiger partial charge on any atom is -0.310 e. The van der Waals surface area contributed by atoms with Crippen LogP contribution in [0, 0.1) is 0 Å². The van der Waals surface area contributed by atoms with Gasteiger partial charge in [0.15, 0.2) is 0 Å². The zero-order valence-corrected chi connectivity index (χ0v) is 8.43. The highest BCUT2D eigenvalue weighted by Crippen LogP contribution is 2.23. The SMILES string of the molecule is CCc1ccc2c(c1)[C@@H](C)NCC2. The molecule has 0 aromatic heterocycles. The van der Waals surface area contributed by atoms with Crippen molar-refractivity contribution in [3.8, 4) is 0 Å². The van der Waals surface area contributed by atoms with Crippen molar-refractivity contribution in [3.05, 3.63) is 34.9 Å². The van der Waals surface area contributed by atoms with E-state index in [1.807, 2.05) is 0 Å². The Bertz CT molecular complexity index is 304. The standard InChI is InChI=1S/C12H17N/c1-3-10-4-5-11-6-7-13-9(2)12(11)8-10/h4-5,8-9,13H,3,6-7H2,1-2H3/t9-/m1/s1. The Kier molecular flexibility index (Phi) is 2.36. The van der Waals surface area contributed by atoms with Crippen LogP contribution < -0.4 is 5.32 Å². The molecule has 1 atom stereocenters. The average molecular weight is 175 g/mol. The first kappa shape index (κ1) is 8.76. The lowest BCUT2D eigenvalue weighted by Gasteiger charge is -2.24. The maximum Gasteiger partial charge on any atom is 0.0294 e. The first-order valence-electron chi connectivity index (χ1n) is 5.16. The van der Waals surface area contributed by atoms with Gasteiger partial charge >= 0.3 is 0 Å². The lowest BCUT2D eigenvalue weighted by atomic mass is 9.93. The molecule has 0 aliphatic carbocycles. The van der Waals surface area contributed by atoms with Gasteiger partial charge in [0.2, 0.25) is 0 Å². The largest absolute Gasteiger partial charge is 0.310 e. The molecular formula is C12H17N. The minimum atomic E-state index is 0.537. The number of rotatable bonds is 1. The van der Waals surface area contributed by atoms with E-state index < -0.39 is 0 Å². The summed E-state index contributed by atoms with van der Waals surface area (Å²) in [6.07, 6.45) is 2.32. The molecule has 1 aliphatic heterocycles. The van der Waals surface area contributed by atoms with Gasteiger partial charge in [-0.3, -0.25) is 0 Å². The number of hydrogen-bond acceptors (Lipinski definition) is 1. The minimum absolute atomic E-state index is 0.537. The van der Waals surface area contributed by atoms with Crippen LogP contribution in [0.25, 0.3) is 0 Å². The number of nitrogens with one attached hydrogen (secondary N) is 1. The van der Waals surface area contributed by atoms with Crippen LogP contribution in [0.3, 0.4) is 0 Å². The molecule has 1 aliphatic rings. The zero-order valence-electron chi connectivity index (χ0n) is 8.43. The van der Waals surface area contributed by atoms with Crippen LogP contribution in [0.15, 0.2) is 18.2 Å². The van der Waals surface area contributed by atoms with Crippen molar-refractivity contribution in [2.45, 2.75) is 32.7 Å². The second kappa shape index (κ2) is 3.51. The summed E-state index contributed by atoms with van der Waals surface area (Å²) in [4.78, 5) is 0. The van der Waals surface area contributed by atoms with Crippen molar-refractivity contribution in [3.63, 3.8) is 0 Å². The van der Waals surface area contributed by atoms with Crippen LogP contribution in [0.4, 0.5) is 0 Å². The first-order valence-corrected chi connectivity index (χ1v) is 5.16. The molecule has 1 N–H and O–H groups in total. The topological polar surface area (TPSA) is 12.0 Å². The fourth-order valence-corrected chi connectivity index (χ4v) is 2.03. The maximum atomic E-state index is 3.49. The Morgan fingerprint density at radius 3 is 3.08 bits per heavy atom. The zero-order chi connectivity index (χ0) is 9.26. The summed E-state index contributed by atoms with van der Waals surface area (Å²) in [7, 11) is 0. The van der Waals surface area contributed by atoms with Crippen molar-refractivity contribution in [2.24, 2.45) is 0 Å². The molecule has 70 valence electrons. The van der Waals surface area contributed by atoms with Gasteiger partial charge in [0.1, 0.15) is 0 Å². The molecule has 0 saturated carbocycles. The van der Waals surface area contributed by atoms with E-state index in [0.29, 0.717) is 6.04 Å². The molecule has 13 heavy (non-hydrogen) atoms. The fraction of sp³-hybridized carbons (Fsp3) is 0.500.